The monoisotopic (exact) mass is 318 g/mol. The molecule has 1 aliphatic rings. The van der Waals surface area contributed by atoms with E-state index in [1.54, 1.807) is 23.4 Å². The molecule has 118 valence electrons. The lowest BCUT2D eigenvalue weighted by atomic mass is 10.0. The van der Waals surface area contributed by atoms with Crippen LogP contribution < -0.4 is 0 Å². The maximum atomic E-state index is 13.3. The Morgan fingerprint density at radius 2 is 1.54 bits per heavy atom. The fourth-order valence-electron chi connectivity index (χ4n) is 3.04. The number of amides is 1. The lowest BCUT2D eigenvalue weighted by molar-refractivity contribution is 0.0751. The van der Waals surface area contributed by atoms with Crippen molar-refractivity contribution in [2.75, 3.05) is 0 Å². The third-order valence-electron chi connectivity index (χ3n) is 4.32. The SMILES string of the molecule is O=C(c1ccc(-c2ccncc2)cc1)N1Cc2ccc(F)cc2C1. The van der Waals surface area contributed by atoms with Gasteiger partial charge in [-0.25, -0.2) is 4.39 Å². The van der Waals surface area contributed by atoms with Gasteiger partial charge in [0.2, 0.25) is 0 Å². The van der Waals surface area contributed by atoms with Gasteiger partial charge in [0.05, 0.1) is 0 Å². The van der Waals surface area contributed by atoms with Crippen LogP contribution in [-0.2, 0) is 13.1 Å². The number of benzene rings is 2. The first-order valence-electron chi connectivity index (χ1n) is 7.78. The number of aromatic nitrogens is 1. The van der Waals surface area contributed by atoms with E-state index >= 15 is 0 Å². The summed E-state index contributed by atoms with van der Waals surface area (Å²) in [5.41, 5.74) is 4.64. The minimum absolute atomic E-state index is 0.0344. The van der Waals surface area contributed by atoms with Gasteiger partial charge in [0, 0.05) is 31.0 Å². The topological polar surface area (TPSA) is 33.2 Å². The van der Waals surface area contributed by atoms with Crippen LogP contribution in [0.4, 0.5) is 4.39 Å². The number of rotatable bonds is 2. The number of halogens is 1. The Kier molecular flexibility index (Phi) is 3.58. The Bertz CT molecular complexity index is 891. The third-order valence-corrected chi connectivity index (χ3v) is 4.32. The summed E-state index contributed by atoms with van der Waals surface area (Å²) in [4.78, 5) is 18.4. The van der Waals surface area contributed by atoms with E-state index in [-0.39, 0.29) is 11.7 Å². The lowest BCUT2D eigenvalue weighted by Crippen LogP contribution is -2.25. The van der Waals surface area contributed by atoms with E-state index in [1.807, 2.05) is 36.4 Å². The molecule has 4 heteroatoms. The fraction of sp³-hybridized carbons (Fsp3) is 0.100. The lowest BCUT2D eigenvalue weighted by Gasteiger charge is -2.15. The van der Waals surface area contributed by atoms with Gasteiger partial charge in [0.1, 0.15) is 5.82 Å². The molecule has 0 fully saturated rings. The smallest absolute Gasteiger partial charge is 0.254 e. The Morgan fingerprint density at radius 1 is 0.875 bits per heavy atom. The maximum absolute atomic E-state index is 13.3. The van der Waals surface area contributed by atoms with Crippen molar-refractivity contribution in [3.05, 3.63) is 89.5 Å². The molecule has 0 saturated carbocycles. The van der Waals surface area contributed by atoms with Gasteiger partial charge in [-0.05, 0) is 58.7 Å². The van der Waals surface area contributed by atoms with Crippen LogP contribution in [-0.4, -0.2) is 15.8 Å². The van der Waals surface area contributed by atoms with E-state index < -0.39 is 0 Å². The number of nitrogens with zero attached hydrogens (tertiary/aromatic N) is 2. The van der Waals surface area contributed by atoms with E-state index in [2.05, 4.69) is 4.98 Å². The van der Waals surface area contributed by atoms with Crippen LogP contribution in [0.15, 0.2) is 67.0 Å². The van der Waals surface area contributed by atoms with E-state index in [0.717, 1.165) is 22.3 Å². The highest BCUT2D eigenvalue weighted by Gasteiger charge is 2.24. The van der Waals surface area contributed by atoms with Gasteiger partial charge < -0.3 is 4.90 Å². The predicted molar refractivity (Wildman–Crippen MR) is 89.7 cm³/mol. The van der Waals surface area contributed by atoms with Gasteiger partial charge in [-0.2, -0.15) is 0 Å². The van der Waals surface area contributed by atoms with Gasteiger partial charge in [-0.3, -0.25) is 9.78 Å². The number of hydrogen-bond acceptors (Lipinski definition) is 2. The van der Waals surface area contributed by atoms with Gasteiger partial charge in [-0.1, -0.05) is 18.2 Å². The molecular weight excluding hydrogens is 303 g/mol. The van der Waals surface area contributed by atoms with Crippen LogP contribution >= 0.6 is 0 Å². The molecule has 1 aromatic heterocycles. The van der Waals surface area contributed by atoms with Gasteiger partial charge >= 0.3 is 0 Å². The molecule has 2 heterocycles. The van der Waals surface area contributed by atoms with Crippen molar-refractivity contribution in [2.45, 2.75) is 13.1 Å². The second kappa shape index (κ2) is 5.89. The second-order valence-electron chi connectivity index (χ2n) is 5.89. The third kappa shape index (κ3) is 2.67. The van der Waals surface area contributed by atoms with Crippen LogP contribution in [0.1, 0.15) is 21.5 Å². The van der Waals surface area contributed by atoms with Gasteiger partial charge in [0.25, 0.3) is 5.91 Å². The molecule has 0 atom stereocenters. The molecule has 4 rings (SSSR count). The summed E-state index contributed by atoms with van der Waals surface area (Å²) < 4.78 is 13.3. The molecular formula is C20H15FN2O. The van der Waals surface area contributed by atoms with Gasteiger partial charge in [-0.15, -0.1) is 0 Å². The van der Waals surface area contributed by atoms with Crippen LogP contribution in [0.3, 0.4) is 0 Å². The van der Waals surface area contributed by atoms with Gasteiger partial charge in [0.15, 0.2) is 0 Å². The minimum atomic E-state index is -0.259. The number of carbonyl (C=O) groups is 1. The highest BCUT2D eigenvalue weighted by atomic mass is 19.1. The summed E-state index contributed by atoms with van der Waals surface area (Å²) in [7, 11) is 0. The molecule has 0 radical (unpaired) electrons. The first-order chi connectivity index (χ1) is 11.7. The van der Waals surface area contributed by atoms with Crippen LogP contribution in [0.2, 0.25) is 0 Å². The van der Waals surface area contributed by atoms with E-state index in [1.165, 1.54) is 12.1 Å². The molecule has 0 spiro atoms. The van der Waals surface area contributed by atoms with Crippen molar-refractivity contribution in [3.8, 4) is 11.1 Å². The first kappa shape index (κ1) is 14.6. The molecule has 24 heavy (non-hydrogen) atoms. The standard InChI is InChI=1S/C20H15FN2O/c21-19-6-5-17-12-23(13-18(17)11-19)20(24)16-3-1-14(2-4-16)15-7-9-22-10-8-15/h1-11H,12-13H2. The summed E-state index contributed by atoms with van der Waals surface area (Å²) in [6.07, 6.45) is 3.49. The molecule has 0 saturated heterocycles. The van der Waals surface area contributed by atoms with Crippen molar-refractivity contribution < 1.29 is 9.18 Å². The zero-order valence-corrected chi connectivity index (χ0v) is 12.9. The largest absolute Gasteiger partial charge is 0.330 e. The van der Waals surface area contributed by atoms with E-state index in [4.69, 9.17) is 0 Å². The van der Waals surface area contributed by atoms with Crippen LogP contribution in [0.25, 0.3) is 11.1 Å². The molecule has 2 aromatic carbocycles. The minimum Gasteiger partial charge on any atom is -0.330 e. The summed E-state index contributed by atoms with van der Waals surface area (Å²) in [6.45, 7) is 0.985. The first-order valence-corrected chi connectivity index (χ1v) is 7.78. The molecule has 0 N–H and O–H groups in total. The molecule has 0 aliphatic carbocycles. The van der Waals surface area contributed by atoms with Crippen molar-refractivity contribution in [1.82, 2.24) is 9.88 Å². The Morgan fingerprint density at radius 3 is 2.29 bits per heavy atom. The highest BCUT2D eigenvalue weighted by molar-refractivity contribution is 5.95. The number of fused-ring (bicyclic) bond motifs is 1. The number of hydrogen-bond donors (Lipinski definition) is 0. The van der Waals surface area contributed by atoms with E-state index in [0.29, 0.717) is 18.7 Å². The zero-order chi connectivity index (χ0) is 16.5. The molecule has 0 bridgehead atoms. The van der Waals surface area contributed by atoms with E-state index in [9.17, 15) is 9.18 Å². The highest BCUT2D eigenvalue weighted by Crippen LogP contribution is 2.26. The number of carbonyl (C=O) groups excluding carboxylic acids is 1. The Hall–Kier alpha value is -3.01. The number of pyridine rings is 1. The average Bonchev–Trinajstić information content (AvgIpc) is 3.05. The Labute approximate surface area is 139 Å². The summed E-state index contributed by atoms with van der Waals surface area (Å²) >= 11 is 0. The molecule has 0 unspecified atom stereocenters. The van der Waals surface area contributed by atoms with Crippen molar-refractivity contribution >= 4 is 5.91 Å². The summed E-state index contributed by atoms with van der Waals surface area (Å²) in [5, 5.41) is 0. The Balaban J connectivity index is 1.54. The van der Waals surface area contributed by atoms with Crippen molar-refractivity contribution in [2.24, 2.45) is 0 Å². The van der Waals surface area contributed by atoms with Crippen LogP contribution in [0, 0.1) is 5.82 Å². The maximum Gasteiger partial charge on any atom is 0.254 e. The molecule has 3 aromatic rings. The average molecular weight is 318 g/mol. The molecule has 1 amide bonds. The normalized spacial score (nSPS) is 13.0. The summed E-state index contributed by atoms with van der Waals surface area (Å²) in [5.74, 6) is -0.294. The van der Waals surface area contributed by atoms with Crippen LogP contribution in [0.5, 0.6) is 0 Å². The fourth-order valence-corrected chi connectivity index (χ4v) is 3.04. The zero-order valence-electron chi connectivity index (χ0n) is 12.9. The van der Waals surface area contributed by atoms with Crippen molar-refractivity contribution in [1.29, 1.82) is 0 Å². The molecule has 3 nitrogen and oxygen atoms in total. The second-order valence-corrected chi connectivity index (χ2v) is 5.89. The predicted octanol–water partition coefficient (Wildman–Crippen LogP) is 4.04. The summed E-state index contributed by atoms with van der Waals surface area (Å²) in [6, 6.07) is 16.1. The quantitative estimate of drug-likeness (QED) is 0.714. The molecule has 1 aliphatic heterocycles. The van der Waals surface area contributed by atoms with Crippen molar-refractivity contribution in [3.63, 3.8) is 0 Å².